The number of pyridine rings is 2. The minimum absolute atomic E-state index is 0.257. The first kappa shape index (κ1) is 12.4. The van der Waals surface area contributed by atoms with Crippen molar-refractivity contribution in [1.29, 1.82) is 0 Å². The van der Waals surface area contributed by atoms with Gasteiger partial charge in [-0.3, -0.25) is 4.98 Å². The van der Waals surface area contributed by atoms with Crippen molar-refractivity contribution in [2.45, 2.75) is 13.1 Å². The van der Waals surface area contributed by atoms with Crippen LogP contribution in [0.3, 0.4) is 0 Å². The van der Waals surface area contributed by atoms with Crippen LogP contribution in [0.2, 0.25) is 0 Å². The van der Waals surface area contributed by atoms with Gasteiger partial charge in [0.1, 0.15) is 11.6 Å². The third kappa shape index (κ3) is 2.81. The molecule has 5 heteroatoms. The molecule has 94 valence electrons. The molecule has 0 aliphatic carbocycles. The molecule has 0 unspecified atom stereocenters. The summed E-state index contributed by atoms with van der Waals surface area (Å²) in [5.41, 5.74) is 7.22. The van der Waals surface area contributed by atoms with Gasteiger partial charge in [-0.2, -0.15) is 0 Å². The molecule has 0 saturated heterocycles. The van der Waals surface area contributed by atoms with Gasteiger partial charge in [-0.1, -0.05) is 6.07 Å². The summed E-state index contributed by atoms with van der Waals surface area (Å²) in [7, 11) is 1.88. The molecular weight excluding hydrogens is 231 g/mol. The van der Waals surface area contributed by atoms with E-state index in [1.165, 1.54) is 12.3 Å². The molecule has 2 N–H and O–H groups in total. The van der Waals surface area contributed by atoms with Crippen molar-refractivity contribution in [3.05, 3.63) is 53.7 Å². The van der Waals surface area contributed by atoms with E-state index in [1.54, 1.807) is 6.20 Å². The molecule has 0 radical (unpaired) electrons. The highest BCUT2D eigenvalue weighted by Crippen LogP contribution is 2.18. The van der Waals surface area contributed by atoms with Crippen LogP contribution in [-0.4, -0.2) is 17.0 Å². The van der Waals surface area contributed by atoms with Crippen LogP contribution in [0.25, 0.3) is 0 Å². The van der Waals surface area contributed by atoms with Crippen LogP contribution in [0.4, 0.5) is 10.2 Å². The van der Waals surface area contributed by atoms with Crippen LogP contribution < -0.4 is 10.6 Å². The second kappa shape index (κ2) is 5.55. The molecule has 18 heavy (non-hydrogen) atoms. The van der Waals surface area contributed by atoms with E-state index >= 15 is 0 Å². The van der Waals surface area contributed by atoms with E-state index < -0.39 is 0 Å². The van der Waals surface area contributed by atoms with Gasteiger partial charge >= 0.3 is 0 Å². The SMILES string of the molecule is CN(Cc1ccccn1)c1ncc(F)cc1CN. The average molecular weight is 246 g/mol. The fourth-order valence-corrected chi connectivity index (χ4v) is 1.78. The number of aromatic nitrogens is 2. The van der Waals surface area contributed by atoms with Crippen molar-refractivity contribution < 1.29 is 4.39 Å². The van der Waals surface area contributed by atoms with Crippen molar-refractivity contribution in [2.24, 2.45) is 5.73 Å². The molecule has 4 nitrogen and oxygen atoms in total. The van der Waals surface area contributed by atoms with Gasteiger partial charge in [-0.25, -0.2) is 9.37 Å². The minimum atomic E-state index is -0.370. The standard InChI is InChI=1S/C13H15FN4/c1-18(9-12-4-2-3-5-16-12)13-10(7-15)6-11(14)8-17-13/h2-6,8H,7,9,15H2,1H3. The monoisotopic (exact) mass is 246 g/mol. The van der Waals surface area contributed by atoms with E-state index in [2.05, 4.69) is 9.97 Å². The summed E-state index contributed by atoms with van der Waals surface area (Å²) in [6.07, 6.45) is 2.94. The van der Waals surface area contributed by atoms with Gasteiger partial charge in [0, 0.05) is 25.4 Å². The fraction of sp³-hybridized carbons (Fsp3) is 0.231. The third-order valence-electron chi connectivity index (χ3n) is 2.62. The normalized spacial score (nSPS) is 10.4. The molecule has 0 aliphatic rings. The molecule has 2 rings (SSSR count). The topological polar surface area (TPSA) is 55.0 Å². The largest absolute Gasteiger partial charge is 0.354 e. The molecular formula is C13H15FN4. The first-order valence-electron chi connectivity index (χ1n) is 5.66. The van der Waals surface area contributed by atoms with Crippen LogP contribution >= 0.6 is 0 Å². The lowest BCUT2D eigenvalue weighted by Crippen LogP contribution is -2.21. The van der Waals surface area contributed by atoms with E-state index in [-0.39, 0.29) is 12.4 Å². The smallest absolute Gasteiger partial charge is 0.141 e. The molecule has 0 aliphatic heterocycles. The predicted octanol–water partition coefficient (Wildman–Crippen LogP) is 1.71. The molecule has 0 spiro atoms. The van der Waals surface area contributed by atoms with Gasteiger partial charge in [0.05, 0.1) is 18.4 Å². The number of anilines is 1. The number of rotatable bonds is 4. The van der Waals surface area contributed by atoms with Crippen molar-refractivity contribution in [3.63, 3.8) is 0 Å². The second-order valence-corrected chi connectivity index (χ2v) is 4.02. The molecule has 0 bridgehead atoms. The maximum atomic E-state index is 13.1. The maximum Gasteiger partial charge on any atom is 0.141 e. The van der Waals surface area contributed by atoms with E-state index in [9.17, 15) is 4.39 Å². The first-order chi connectivity index (χ1) is 8.70. The van der Waals surface area contributed by atoms with Gasteiger partial charge in [-0.15, -0.1) is 0 Å². The lowest BCUT2D eigenvalue weighted by Gasteiger charge is -2.20. The quantitative estimate of drug-likeness (QED) is 0.892. The zero-order valence-corrected chi connectivity index (χ0v) is 10.2. The molecule has 0 aromatic carbocycles. The molecule has 0 fully saturated rings. The summed E-state index contributed by atoms with van der Waals surface area (Å²) in [5, 5.41) is 0. The summed E-state index contributed by atoms with van der Waals surface area (Å²) in [6.45, 7) is 0.860. The molecule has 2 heterocycles. The summed E-state index contributed by atoms with van der Waals surface area (Å²) >= 11 is 0. The van der Waals surface area contributed by atoms with Crippen LogP contribution in [0, 0.1) is 5.82 Å². The van der Waals surface area contributed by atoms with Gasteiger partial charge in [0.25, 0.3) is 0 Å². The van der Waals surface area contributed by atoms with Crippen LogP contribution in [-0.2, 0) is 13.1 Å². The lowest BCUT2D eigenvalue weighted by atomic mass is 10.2. The number of hydrogen-bond donors (Lipinski definition) is 1. The zero-order chi connectivity index (χ0) is 13.0. The molecule has 0 atom stereocenters. The van der Waals surface area contributed by atoms with Gasteiger partial charge in [-0.05, 0) is 18.2 Å². The summed E-state index contributed by atoms with van der Waals surface area (Å²) in [6, 6.07) is 7.14. The Bertz CT molecular complexity index is 516. The van der Waals surface area contributed by atoms with Crippen LogP contribution in [0.5, 0.6) is 0 Å². The van der Waals surface area contributed by atoms with Crippen LogP contribution in [0.1, 0.15) is 11.3 Å². The van der Waals surface area contributed by atoms with Crippen molar-refractivity contribution in [2.75, 3.05) is 11.9 Å². The average Bonchev–Trinajstić information content (AvgIpc) is 2.39. The third-order valence-corrected chi connectivity index (χ3v) is 2.62. The van der Waals surface area contributed by atoms with Gasteiger partial charge in [0.2, 0.25) is 0 Å². The molecule has 0 amide bonds. The Morgan fingerprint density at radius 1 is 1.33 bits per heavy atom. The number of hydrogen-bond acceptors (Lipinski definition) is 4. The fourth-order valence-electron chi connectivity index (χ4n) is 1.78. The number of nitrogens with zero attached hydrogens (tertiary/aromatic N) is 3. The molecule has 2 aromatic heterocycles. The van der Waals surface area contributed by atoms with E-state index in [0.717, 1.165) is 5.69 Å². The molecule has 2 aromatic rings. The lowest BCUT2D eigenvalue weighted by molar-refractivity contribution is 0.617. The Morgan fingerprint density at radius 3 is 2.83 bits per heavy atom. The Balaban J connectivity index is 2.21. The van der Waals surface area contributed by atoms with Gasteiger partial charge in [0.15, 0.2) is 0 Å². The highest BCUT2D eigenvalue weighted by Gasteiger charge is 2.10. The van der Waals surface area contributed by atoms with Crippen molar-refractivity contribution in [3.8, 4) is 0 Å². The first-order valence-corrected chi connectivity index (χ1v) is 5.66. The Labute approximate surface area is 105 Å². The Morgan fingerprint density at radius 2 is 2.17 bits per heavy atom. The van der Waals surface area contributed by atoms with E-state index in [1.807, 2.05) is 30.1 Å². The second-order valence-electron chi connectivity index (χ2n) is 4.02. The minimum Gasteiger partial charge on any atom is -0.354 e. The summed E-state index contributed by atoms with van der Waals surface area (Å²) < 4.78 is 13.1. The van der Waals surface area contributed by atoms with E-state index in [4.69, 9.17) is 5.73 Å². The highest BCUT2D eigenvalue weighted by atomic mass is 19.1. The highest BCUT2D eigenvalue weighted by molar-refractivity contribution is 5.46. The summed E-state index contributed by atoms with van der Waals surface area (Å²) in [5.74, 6) is 0.315. The van der Waals surface area contributed by atoms with Crippen molar-refractivity contribution >= 4 is 5.82 Å². The van der Waals surface area contributed by atoms with Crippen molar-refractivity contribution in [1.82, 2.24) is 9.97 Å². The summed E-state index contributed by atoms with van der Waals surface area (Å²) in [4.78, 5) is 10.2. The van der Waals surface area contributed by atoms with Crippen LogP contribution in [0.15, 0.2) is 36.7 Å². The van der Waals surface area contributed by atoms with E-state index in [0.29, 0.717) is 17.9 Å². The number of halogens is 1. The zero-order valence-electron chi connectivity index (χ0n) is 10.2. The number of nitrogens with two attached hydrogens (primary N) is 1. The predicted molar refractivity (Wildman–Crippen MR) is 68.4 cm³/mol. The Hall–Kier alpha value is -2.01. The molecule has 0 saturated carbocycles. The Kier molecular flexibility index (Phi) is 3.84. The maximum absolute atomic E-state index is 13.1. The van der Waals surface area contributed by atoms with Gasteiger partial charge < -0.3 is 10.6 Å².